The highest BCUT2D eigenvalue weighted by Crippen LogP contribution is 2.24. The minimum atomic E-state index is -0.790. The van der Waals surface area contributed by atoms with Gasteiger partial charge in [0.1, 0.15) is 18.0 Å². The minimum absolute atomic E-state index is 0.0811. The van der Waals surface area contributed by atoms with E-state index in [9.17, 15) is 4.79 Å². The van der Waals surface area contributed by atoms with E-state index >= 15 is 0 Å². The van der Waals surface area contributed by atoms with Crippen molar-refractivity contribution in [1.82, 2.24) is 4.90 Å². The Balaban J connectivity index is 1.82. The molecule has 0 radical (unpaired) electrons. The topological polar surface area (TPSA) is 50.8 Å². The van der Waals surface area contributed by atoms with Crippen molar-refractivity contribution in [3.8, 4) is 5.75 Å². The lowest BCUT2D eigenvalue weighted by Gasteiger charge is -2.34. The maximum absolute atomic E-state index is 12.8. The van der Waals surface area contributed by atoms with Crippen LogP contribution in [0.1, 0.15) is 66.7 Å². The number of carbonyl (C=O) groups excluding carboxylic acids is 1. The maximum Gasteiger partial charge on any atom is 0.256 e. The minimum Gasteiger partial charge on any atom is -0.492 e. The molecule has 1 aliphatic rings. The van der Waals surface area contributed by atoms with Crippen LogP contribution in [0.4, 0.5) is 5.69 Å². The Kier molecular flexibility index (Phi) is 10.1. The van der Waals surface area contributed by atoms with E-state index in [1.54, 1.807) is 0 Å². The number of unbranched alkanes of at least 4 members (excludes halogenated alkanes) is 2. The van der Waals surface area contributed by atoms with E-state index in [-0.39, 0.29) is 5.91 Å². The first-order valence-corrected chi connectivity index (χ1v) is 11.8. The predicted molar refractivity (Wildman–Crippen MR) is 124 cm³/mol. The van der Waals surface area contributed by atoms with Gasteiger partial charge in [0.25, 0.3) is 5.91 Å². The predicted octanol–water partition coefficient (Wildman–Crippen LogP) is 5.36. The second-order valence-corrected chi connectivity index (χ2v) is 9.15. The van der Waals surface area contributed by atoms with Crippen molar-refractivity contribution in [2.24, 2.45) is 11.8 Å². The average Bonchev–Trinajstić information content (AvgIpc) is 2.69. The molecule has 170 valence electrons. The standard InChI is InChI=1S/C25H42N2O3/c1-6-8-9-14-25(5,30-7-2)24(28)26-22-10-12-23(13-11-22)29-16-15-27-18-20(3)17-21(4)19-27/h10-13,20-21H,6-9,14-19H2,1-5H3,(H,26,28)/t20-,21+,25-/m0/s1. The molecule has 5 nitrogen and oxygen atoms in total. The number of benzene rings is 1. The van der Waals surface area contributed by atoms with E-state index in [2.05, 4.69) is 31.0 Å². The molecule has 1 N–H and O–H groups in total. The maximum atomic E-state index is 12.8. The van der Waals surface area contributed by atoms with Gasteiger partial charge in [0.05, 0.1) is 0 Å². The number of piperidine rings is 1. The monoisotopic (exact) mass is 418 g/mol. The Morgan fingerprint density at radius 3 is 2.40 bits per heavy atom. The highest BCUT2D eigenvalue weighted by atomic mass is 16.5. The van der Waals surface area contributed by atoms with E-state index in [0.717, 1.165) is 68.6 Å². The Bertz CT molecular complexity index is 624. The first-order valence-electron chi connectivity index (χ1n) is 11.8. The molecule has 1 amide bonds. The number of carbonyl (C=O) groups is 1. The van der Waals surface area contributed by atoms with Crippen LogP contribution in [0.5, 0.6) is 5.75 Å². The molecule has 30 heavy (non-hydrogen) atoms. The molecule has 3 atom stereocenters. The highest BCUT2D eigenvalue weighted by molar-refractivity contribution is 5.97. The van der Waals surface area contributed by atoms with Crippen molar-refractivity contribution in [2.45, 2.75) is 72.3 Å². The van der Waals surface area contributed by atoms with E-state index in [1.807, 2.05) is 38.1 Å². The Morgan fingerprint density at radius 2 is 1.80 bits per heavy atom. The van der Waals surface area contributed by atoms with Crippen molar-refractivity contribution in [1.29, 1.82) is 0 Å². The molecule has 0 aromatic heterocycles. The fourth-order valence-electron chi connectivity index (χ4n) is 4.45. The third-order valence-electron chi connectivity index (χ3n) is 5.93. The molecule has 1 aromatic rings. The molecule has 2 rings (SSSR count). The molecule has 0 unspecified atom stereocenters. The van der Waals surface area contributed by atoms with Crippen LogP contribution < -0.4 is 10.1 Å². The van der Waals surface area contributed by atoms with Gasteiger partial charge in [-0.05, 0) is 62.8 Å². The van der Waals surface area contributed by atoms with Crippen LogP contribution in [0.3, 0.4) is 0 Å². The normalized spacial score (nSPS) is 21.8. The molecule has 0 aliphatic carbocycles. The van der Waals surface area contributed by atoms with Crippen molar-refractivity contribution >= 4 is 11.6 Å². The van der Waals surface area contributed by atoms with Gasteiger partial charge in [0.2, 0.25) is 0 Å². The first-order chi connectivity index (χ1) is 14.4. The summed E-state index contributed by atoms with van der Waals surface area (Å²) in [7, 11) is 0. The number of hydrogen-bond donors (Lipinski definition) is 1. The largest absolute Gasteiger partial charge is 0.492 e. The number of anilines is 1. The summed E-state index contributed by atoms with van der Waals surface area (Å²) in [6.07, 6.45) is 5.28. The molecule has 1 aromatic carbocycles. The van der Waals surface area contributed by atoms with Gasteiger partial charge in [0.15, 0.2) is 0 Å². The molecular formula is C25H42N2O3. The smallest absolute Gasteiger partial charge is 0.256 e. The molecule has 1 aliphatic heterocycles. The van der Waals surface area contributed by atoms with Gasteiger partial charge >= 0.3 is 0 Å². The lowest BCUT2D eigenvalue weighted by Crippen LogP contribution is -2.42. The van der Waals surface area contributed by atoms with E-state index in [1.165, 1.54) is 6.42 Å². The van der Waals surface area contributed by atoms with Crippen molar-refractivity contribution < 1.29 is 14.3 Å². The summed E-state index contributed by atoms with van der Waals surface area (Å²) >= 11 is 0. The van der Waals surface area contributed by atoms with Crippen LogP contribution in [0.2, 0.25) is 0 Å². The van der Waals surface area contributed by atoms with Crippen molar-refractivity contribution in [3.05, 3.63) is 24.3 Å². The highest BCUT2D eigenvalue weighted by Gasteiger charge is 2.33. The molecular weight excluding hydrogens is 376 g/mol. The first kappa shape index (κ1) is 24.7. The zero-order chi connectivity index (χ0) is 22.0. The number of nitrogens with zero attached hydrogens (tertiary/aromatic N) is 1. The van der Waals surface area contributed by atoms with E-state index in [4.69, 9.17) is 9.47 Å². The second-order valence-electron chi connectivity index (χ2n) is 9.15. The number of likely N-dealkylation sites (tertiary alicyclic amines) is 1. The molecule has 0 spiro atoms. The van der Waals surface area contributed by atoms with Gasteiger partial charge in [-0.15, -0.1) is 0 Å². The Labute approximate surface area is 183 Å². The summed E-state index contributed by atoms with van der Waals surface area (Å²) in [4.78, 5) is 15.3. The van der Waals surface area contributed by atoms with Gasteiger partial charge in [-0.25, -0.2) is 0 Å². The Morgan fingerprint density at radius 1 is 1.13 bits per heavy atom. The Hall–Kier alpha value is -1.59. The third kappa shape index (κ3) is 7.92. The lowest BCUT2D eigenvalue weighted by molar-refractivity contribution is -0.139. The number of nitrogens with one attached hydrogen (secondary N) is 1. The zero-order valence-electron chi connectivity index (χ0n) is 19.7. The number of rotatable bonds is 12. The molecule has 5 heteroatoms. The summed E-state index contributed by atoms with van der Waals surface area (Å²) in [6, 6.07) is 7.64. The van der Waals surface area contributed by atoms with Crippen molar-refractivity contribution in [3.63, 3.8) is 0 Å². The van der Waals surface area contributed by atoms with E-state index in [0.29, 0.717) is 13.2 Å². The molecule has 0 saturated carbocycles. The lowest BCUT2D eigenvalue weighted by atomic mass is 9.92. The van der Waals surface area contributed by atoms with Crippen LogP contribution in [-0.2, 0) is 9.53 Å². The summed E-state index contributed by atoms with van der Waals surface area (Å²) in [6.45, 7) is 15.1. The molecule has 1 heterocycles. The van der Waals surface area contributed by atoms with Gasteiger partial charge < -0.3 is 14.8 Å². The number of hydrogen-bond acceptors (Lipinski definition) is 4. The van der Waals surface area contributed by atoms with Gasteiger partial charge in [-0.1, -0.05) is 40.0 Å². The van der Waals surface area contributed by atoms with E-state index < -0.39 is 5.60 Å². The van der Waals surface area contributed by atoms with Crippen LogP contribution >= 0.6 is 0 Å². The molecule has 1 fully saturated rings. The SMILES string of the molecule is CCCCC[C@](C)(OCC)C(=O)Nc1ccc(OCCN2C[C@H](C)C[C@H](C)C2)cc1. The summed E-state index contributed by atoms with van der Waals surface area (Å²) in [5.74, 6) is 2.28. The van der Waals surface area contributed by atoms with Gasteiger partial charge in [0, 0.05) is 31.9 Å². The van der Waals surface area contributed by atoms with Crippen LogP contribution in [0, 0.1) is 11.8 Å². The average molecular weight is 419 g/mol. The summed E-state index contributed by atoms with van der Waals surface area (Å²) in [5.41, 5.74) is -0.0191. The quantitative estimate of drug-likeness (QED) is 0.465. The second kappa shape index (κ2) is 12.3. The molecule has 0 bridgehead atoms. The number of ether oxygens (including phenoxy) is 2. The number of amides is 1. The third-order valence-corrected chi connectivity index (χ3v) is 5.93. The van der Waals surface area contributed by atoms with Crippen LogP contribution in [0.25, 0.3) is 0 Å². The molecule has 1 saturated heterocycles. The fraction of sp³-hybridized carbons (Fsp3) is 0.720. The van der Waals surface area contributed by atoms with Gasteiger partial charge in [-0.3, -0.25) is 9.69 Å². The fourth-order valence-corrected chi connectivity index (χ4v) is 4.45. The van der Waals surface area contributed by atoms with Crippen molar-refractivity contribution in [2.75, 3.05) is 38.2 Å². The zero-order valence-corrected chi connectivity index (χ0v) is 19.7. The summed E-state index contributed by atoms with van der Waals surface area (Å²) < 4.78 is 11.7. The van der Waals surface area contributed by atoms with Crippen LogP contribution in [-0.4, -0.2) is 49.3 Å². The summed E-state index contributed by atoms with van der Waals surface area (Å²) in [5, 5.41) is 3.01. The van der Waals surface area contributed by atoms with Gasteiger partial charge in [-0.2, -0.15) is 0 Å². The van der Waals surface area contributed by atoms with Crippen LogP contribution in [0.15, 0.2) is 24.3 Å².